The van der Waals surface area contributed by atoms with Crippen LogP contribution in [-0.2, 0) is 5.88 Å². The summed E-state index contributed by atoms with van der Waals surface area (Å²) >= 11 is 5.34. The fourth-order valence-electron chi connectivity index (χ4n) is 0.688. The molecule has 0 atom stereocenters. The van der Waals surface area contributed by atoms with Gasteiger partial charge in [-0.1, -0.05) is 0 Å². The second-order valence-corrected chi connectivity index (χ2v) is 2.18. The molecule has 10 heavy (non-hydrogen) atoms. The lowest BCUT2D eigenvalue weighted by molar-refractivity contribution is 0.581. The molecule has 0 aromatic heterocycles. The topological polar surface area (TPSA) is 0 Å². The Morgan fingerprint density at radius 1 is 1.10 bits per heavy atom. The summed E-state index contributed by atoms with van der Waals surface area (Å²) in [5, 5.41) is 0. The van der Waals surface area contributed by atoms with Crippen LogP contribution in [0.1, 0.15) is 5.56 Å². The smallest absolute Gasteiger partial charge is 0.126 e. The zero-order valence-electron chi connectivity index (χ0n) is 5.07. The van der Waals surface area contributed by atoms with E-state index >= 15 is 0 Å². The van der Waals surface area contributed by atoms with E-state index in [1.54, 1.807) is 0 Å². The third-order valence-electron chi connectivity index (χ3n) is 1.08. The summed E-state index contributed by atoms with van der Waals surface area (Å²) in [5.41, 5.74) is 0.458. The van der Waals surface area contributed by atoms with Gasteiger partial charge in [-0.25, -0.2) is 8.78 Å². The van der Waals surface area contributed by atoms with Gasteiger partial charge < -0.3 is 0 Å². The number of hydrogen-bond donors (Lipinski definition) is 0. The Morgan fingerprint density at radius 2 is 1.60 bits per heavy atom. The van der Waals surface area contributed by atoms with Crippen molar-refractivity contribution in [3.05, 3.63) is 35.4 Å². The molecule has 0 unspecified atom stereocenters. The predicted octanol–water partition coefficient (Wildman–Crippen LogP) is 2.70. The number of benzene rings is 1. The molecule has 3 heteroatoms. The lowest BCUT2D eigenvalue weighted by atomic mass is 10.2. The summed E-state index contributed by atoms with van der Waals surface area (Å²) in [5.74, 6) is -1.04. The van der Waals surface area contributed by atoms with E-state index in [1.165, 1.54) is 12.1 Å². The second-order valence-electron chi connectivity index (χ2n) is 1.91. The lowest BCUT2D eigenvalue weighted by Gasteiger charge is -1.94. The fraction of sp³-hybridized carbons (Fsp3) is 0.143. The summed E-state index contributed by atoms with van der Waals surface area (Å²) < 4.78 is 24.6. The fourth-order valence-corrected chi connectivity index (χ4v) is 0.842. The molecule has 0 heterocycles. The van der Waals surface area contributed by atoms with Gasteiger partial charge >= 0.3 is 0 Å². The maximum atomic E-state index is 12.3. The Morgan fingerprint density at radius 3 is 2.00 bits per heavy atom. The average molecular weight is 163 g/mol. The van der Waals surface area contributed by atoms with E-state index in [9.17, 15) is 8.78 Å². The standard InChI is InChI=1S/C7H5ClF2/c8-4-5-1-6(9)3-7(10)2-5/h1-3H,4H2. The predicted molar refractivity (Wildman–Crippen MR) is 35.9 cm³/mol. The highest BCUT2D eigenvalue weighted by Crippen LogP contribution is 2.09. The van der Waals surface area contributed by atoms with Crippen molar-refractivity contribution in [1.82, 2.24) is 0 Å². The van der Waals surface area contributed by atoms with E-state index < -0.39 is 11.6 Å². The molecule has 1 aromatic carbocycles. The first-order chi connectivity index (χ1) is 4.72. The van der Waals surface area contributed by atoms with Crippen molar-refractivity contribution in [3.8, 4) is 0 Å². The normalized spacial score (nSPS) is 9.90. The lowest BCUT2D eigenvalue weighted by Crippen LogP contribution is -1.83. The summed E-state index contributed by atoms with van der Waals surface area (Å²) in [7, 11) is 0. The Kier molecular flexibility index (Phi) is 2.22. The van der Waals surface area contributed by atoms with Crippen LogP contribution >= 0.6 is 11.6 Å². The van der Waals surface area contributed by atoms with Crippen LogP contribution in [0.15, 0.2) is 18.2 Å². The number of rotatable bonds is 1. The van der Waals surface area contributed by atoms with Crippen molar-refractivity contribution in [1.29, 1.82) is 0 Å². The van der Waals surface area contributed by atoms with Gasteiger partial charge in [0.1, 0.15) is 11.6 Å². The molecule has 0 aliphatic rings. The van der Waals surface area contributed by atoms with Gasteiger partial charge in [0.15, 0.2) is 0 Å². The first-order valence-corrected chi connectivity index (χ1v) is 3.27. The molecule has 0 saturated carbocycles. The summed E-state index contributed by atoms with van der Waals surface area (Å²) in [6.07, 6.45) is 0. The van der Waals surface area contributed by atoms with Crippen molar-refractivity contribution in [2.75, 3.05) is 0 Å². The molecule has 0 aliphatic carbocycles. The Hall–Kier alpha value is -0.630. The maximum Gasteiger partial charge on any atom is 0.126 e. The van der Waals surface area contributed by atoms with Gasteiger partial charge in [0.05, 0.1) is 0 Å². The Balaban J connectivity index is 3.06. The zero-order valence-corrected chi connectivity index (χ0v) is 5.83. The van der Waals surface area contributed by atoms with E-state index in [1.807, 2.05) is 0 Å². The van der Waals surface area contributed by atoms with Crippen LogP contribution in [0.4, 0.5) is 8.78 Å². The van der Waals surface area contributed by atoms with Crippen LogP contribution in [0.25, 0.3) is 0 Å². The molecular weight excluding hydrogens is 158 g/mol. The minimum absolute atomic E-state index is 0.134. The molecule has 0 fully saturated rings. The minimum Gasteiger partial charge on any atom is -0.207 e. The molecule has 0 aliphatic heterocycles. The van der Waals surface area contributed by atoms with Crippen LogP contribution in [0.2, 0.25) is 0 Å². The zero-order chi connectivity index (χ0) is 7.56. The van der Waals surface area contributed by atoms with Crippen molar-refractivity contribution < 1.29 is 8.78 Å². The van der Waals surface area contributed by atoms with E-state index in [0.29, 0.717) is 5.56 Å². The van der Waals surface area contributed by atoms with Crippen LogP contribution in [0.5, 0.6) is 0 Å². The SMILES string of the molecule is Fc1cc(F)cc(CCl)c1. The molecule has 1 rings (SSSR count). The summed E-state index contributed by atoms with van der Waals surface area (Å²) in [4.78, 5) is 0. The van der Waals surface area contributed by atoms with E-state index in [-0.39, 0.29) is 5.88 Å². The monoisotopic (exact) mass is 162 g/mol. The molecule has 1 aromatic rings. The van der Waals surface area contributed by atoms with Gasteiger partial charge in [0.2, 0.25) is 0 Å². The average Bonchev–Trinajstić information content (AvgIpc) is 1.85. The minimum atomic E-state index is -0.587. The molecule has 54 valence electrons. The van der Waals surface area contributed by atoms with Gasteiger partial charge in [-0.2, -0.15) is 0 Å². The van der Waals surface area contributed by atoms with E-state index in [0.717, 1.165) is 6.07 Å². The van der Waals surface area contributed by atoms with E-state index in [2.05, 4.69) is 0 Å². The molecule has 0 spiro atoms. The maximum absolute atomic E-state index is 12.3. The number of alkyl halides is 1. The van der Waals surface area contributed by atoms with Crippen molar-refractivity contribution in [2.45, 2.75) is 5.88 Å². The van der Waals surface area contributed by atoms with Crippen LogP contribution in [-0.4, -0.2) is 0 Å². The molecule has 0 radical (unpaired) electrons. The molecule has 0 N–H and O–H groups in total. The van der Waals surface area contributed by atoms with Crippen molar-refractivity contribution in [3.63, 3.8) is 0 Å². The van der Waals surface area contributed by atoms with Gasteiger partial charge in [-0.05, 0) is 17.7 Å². The van der Waals surface area contributed by atoms with Crippen LogP contribution in [0, 0.1) is 11.6 Å². The Labute approximate surface area is 62.4 Å². The molecular formula is C7H5ClF2. The van der Waals surface area contributed by atoms with Crippen LogP contribution in [0.3, 0.4) is 0 Å². The third-order valence-corrected chi connectivity index (χ3v) is 1.39. The largest absolute Gasteiger partial charge is 0.207 e. The van der Waals surface area contributed by atoms with Crippen molar-refractivity contribution in [2.24, 2.45) is 0 Å². The summed E-state index contributed by atoms with van der Waals surface area (Å²) in [6.45, 7) is 0. The highest BCUT2D eigenvalue weighted by atomic mass is 35.5. The first-order valence-electron chi connectivity index (χ1n) is 2.73. The van der Waals surface area contributed by atoms with Crippen molar-refractivity contribution >= 4 is 11.6 Å². The highest BCUT2D eigenvalue weighted by molar-refractivity contribution is 6.17. The van der Waals surface area contributed by atoms with Gasteiger partial charge in [0, 0.05) is 11.9 Å². The van der Waals surface area contributed by atoms with E-state index in [4.69, 9.17) is 11.6 Å². The third kappa shape index (κ3) is 1.67. The second kappa shape index (κ2) is 2.97. The van der Waals surface area contributed by atoms with Gasteiger partial charge in [-0.3, -0.25) is 0 Å². The summed E-state index contributed by atoms with van der Waals surface area (Å²) in [6, 6.07) is 3.22. The number of hydrogen-bond acceptors (Lipinski definition) is 0. The quantitative estimate of drug-likeness (QED) is 0.557. The Bertz CT molecular complexity index is 215. The van der Waals surface area contributed by atoms with Gasteiger partial charge in [0.25, 0.3) is 0 Å². The first kappa shape index (κ1) is 7.48. The van der Waals surface area contributed by atoms with Gasteiger partial charge in [-0.15, -0.1) is 11.6 Å². The van der Waals surface area contributed by atoms with Crippen LogP contribution < -0.4 is 0 Å². The number of halogens is 3. The molecule has 0 saturated heterocycles. The molecule has 0 amide bonds. The molecule has 0 bridgehead atoms. The molecule has 0 nitrogen and oxygen atoms in total. The highest BCUT2D eigenvalue weighted by Gasteiger charge is 1.97.